The summed E-state index contributed by atoms with van der Waals surface area (Å²) in [7, 11) is -3.63. The van der Waals surface area contributed by atoms with Crippen molar-refractivity contribution < 1.29 is 8.42 Å². The van der Waals surface area contributed by atoms with Crippen LogP contribution in [0.5, 0.6) is 0 Å². The van der Waals surface area contributed by atoms with E-state index in [0.29, 0.717) is 4.47 Å². The van der Waals surface area contributed by atoms with Gasteiger partial charge in [0.25, 0.3) is 10.0 Å². The molecule has 0 saturated heterocycles. The van der Waals surface area contributed by atoms with Crippen molar-refractivity contribution in [2.24, 2.45) is 0 Å². The average Bonchev–Trinajstić information content (AvgIpc) is 2.32. The molecule has 1 heterocycles. The van der Waals surface area contributed by atoms with E-state index in [2.05, 4.69) is 41.6 Å². The zero-order valence-corrected chi connectivity index (χ0v) is 13.0. The molecule has 0 atom stereocenters. The maximum absolute atomic E-state index is 12.1. The normalized spacial score (nSPS) is 11.2. The van der Waals surface area contributed by atoms with E-state index in [1.807, 2.05) is 0 Å². The molecule has 0 aliphatic rings. The van der Waals surface area contributed by atoms with E-state index in [0.717, 1.165) is 4.47 Å². The van der Waals surface area contributed by atoms with E-state index in [4.69, 9.17) is 0 Å². The van der Waals surface area contributed by atoms with Gasteiger partial charge in [0.15, 0.2) is 0 Å². The molecule has 0 aliphatic carbocycles. The van der Waals surface area contributed by atoms with E-state index >= 15 is 0 Å². The number of hydrogen-bond donors (Lipinski definition) is 1. The lowest BCUT2D eigenvalue weighted by molar-refractivity contribution is 0.600. The molecule has 0 aliphatic heterocycles. The van der Waals surface area contributed by atoms with Crippen LogP contribution in [0.3, 0.4) is 0 Å². The lowest BCUT2D eigenvalue weighted by atomic mass is 10.4. The van der Waals surface area contributed by atoms with Gasteiger partial charge in [-0.2, -0.15) is 0 Å². The first-order chi connectivity index (χ1) is 8.49. The highest BCUT2D eigenvalue weighted by atomic mass is 79.9. The molecule has 0 fully saturated rings. The standard InChI is InChI=1S/C11H8Br2N2O2S/c12-8-5-6-11(14-7-8)15-18(16,17)10-4-2-1-3-9(10)13/h1-7H,(H,14,15). The minimum atomic E-state index is -3.63. The Hall–Kier alpha value is -0.920. The third-order valence-electron chi connectivity index (χ3n) is 2.09. The van der Waals surface area contributed by atoms with Gasteiger partial charge < -0.3 is 0 Å². The van der Waals surface area contributed by atoms with Gasteiger partial charge in [-0.3, -0.25) is 4.72 Å². The summed E-state index contributed by atoms with van der Waals surface area (Å²) < 4.78 is 27.9. The number of halogens is 2. The second-order valence-corrected chi connectivity index (χ2v) is 6.82. The van der Waals surface area contributed by atoms with Crippen molar-refractivity contribution in [3.63, 3.8) is 0 Å². The van der Waals surface area contributed by atoms with Crippen molar-refractivity contribution in [2.75, 3.05) is 4.72 Å². The summed E-state index contributed by atoms with van der Waals surface area (Å²) in [6.07, 6.45) is 1.53. The Morgan fingerprint density at radius 1 is 1.06 bits per heavy atom. The fraction of sp³-hybridized carbons (Fsp3) is 0. The van der Waals surface area contributed by atoms with Crippen molar-refractivity contribution in [2.45, 2.75) is 4.90 Å². The summed E-state index contributed by atoms with van der Waals surface area (Å²) in [5.41, 5.74) is 0. The number of nitrogens with one attached hydrogen (secondary N) is 1. The number of hydrogen-bond acceptors (Lipinski definition) is 3. The number of aromatic nitrogens is 1. The lowest BCUT2D eigenvalue weighted by Gasteiger charge is -2.08. The number of nitrogens with zero attached hydrogens (tertiary/aromatic N) is 1. The van der Waals surface area contributed by atoms with Crippen molar-refractivity contribution in [3.05, 3.63) is 51.5 Å². The predicted octanol–water partition coefficient (Wildman–Crippen LogP) is 3.41. The third-order valence-corrected chi connectivity index (χ3v) is 4.93. The summed E-state index contributed by atoms with van der Waals surface area (Å²) in [4.78, 5) is 4.14. The maximum Gasteiger partial charge on any atom is 0.264 e. The average molecular weight is 392 g/mol. The highest BCUT2D eigenvalue weighted by Crippen LogP contribution is 2.23. The topological polar surface area (TPSA) is 59.1 Å². The van der Waals surface area contributed by atoms with E-state index < -0.39 is 10.0 Å². The second kappa shape index (κ2) is 5.38. The zero-order valence-electron chi connectivity index (χ0n) is 8.97. The van der Waals surface area contributed by atoms with Crippen LogP contribution in [0.15, 0.2) is 56.4 Å². The lowest BCUT2D eigenvalue weighted by Crippen LogP contribution is -2.14. The van der Waals surface area contributed by atoms with E-state index in [9.17, 15) is 8.42 Å². The first-order valence-corrected chi connectivity index (χ1v) is 7.95. The number of benzene rings is 1. The largest absolute Gasteiger partial charge is 0.264 e. The molecule has 0 unspecified atom stereocenters. The van der Waals surface area contributed by atoms with Crippen molar-refractivity contribution in [1.82, 2.24) is 4.98 Å². The molecule has 7 heteroatoms. The van der Waals surface area contributed by atoms with Gasteiger partial charge in [0.1, 0.15) is 10.7 Å². The molecule has 0 saturated carbocycles. The Bertz CT molecular complexity index is 657. The number of rotatable bonds is 3. The Balaban J connectivity index is 2.33. The fourth-order valence-corrected chi connectivity index (χ4v) is 3.54. The summed E-state index contributed by atoms with van der Waals surface area (Å²) in [6.45, 7) is 0. The van der Waals surface area contributed by atoms with E-state index in [-0.39, 0.29) is 10.7 Å². The van der Waals surface area contributed by atoms with Crippen LogP contribution in [-0.4, -0.2) is 13.4 Å². The number of sulfonamides is 1. The van der Waals surface area contributed by atoms with Crippen LogP contribution in [0.4, 0.5) is 5.82 Å². The first-order valence-electron chi connectivity index (χ1n) is 4.88. The molecule has 0 amide bonds. The second-order valence-electron chi connectivity index (χ2n) is 3.40. The summed E-state index contributed by atoms with van der Waals surface area (Å²) in [5, 5.41) is 0. The van der Waals surface area contributed by atoms with E-state index in [1.54, 1.807) is 30.3 Å². The monoisotopic (exact) mass is 390 g/mol. The SMILES string of the molecule is O=S(=O)(Nc1ccc(Br)cn1)c1ccccc1Br. The predicted molar refractivity (Wildman–Crippen MR) is 76.9 cm³/mol. The number of pyridine rings is 1. The van der Waals surface area contributed by atoms with Gasteiger partial charge in [-0.15, -0.1) is 0 Å². The molecule has 18 heavy (non-hydrogen) atoms. The Kier molecular flexibility index (Phi) is 4.04. The maximum atomic E-state index is 12.1. The molecule has 1 aromatic heterocycles. The van der Waals surface area contributed by atoms with Crippen LogP contribution in [0.2, 0.25) is 0 Å². The van der Waals surface area contributed by atoms with Crippen molar-refractivity contribution >= 4 is 47.7 Å². The number of anilines is 1. The molecule has 2 aromatic rings. The Morgan fingerprint density at radius 2 is 1.78 bits per heavy atom. The van der Waals surface area contributed by atoms with Crippen LogP contribution in [0.1, 0.15) is 0 Å². The van der Waals surface area contributed by atoms with Crippen LogP contribution >= 0.6 is 31.9 Å². The Labute approximate surface area is 122 Å². The van der Waals surface area contributed by atoms with Crippen LogP contribution < -0.4 is 4.72 Å². The van der Waals surface area contributed by atoms with E-state index in [1.165, 1.54) is 12.3 Å². The smallest absolute Gasteiger partial charge is 0.263 e. The molecular formula is C11H8Br2N2O2S. The zero-order chi connectivity index (χ0) is 13.2. The van der Waals surface area contributed by atoms with Crippen LogP contribution in [0, 0.1) is 0 Å². The first kappa shape index (κ1) is 13.5. The van der Waals surface area contributed by atoms with Gasteiger partial charge in [0.05, 0.1) is 0 Å². The van der Waals surface area contributed by atoms with Gasteiger partial charge in [0, 0.05) is 15.1 Å². The van der Waals surface area contributed by atoms with Gasteiger partial charge in [-0.05, 0) is 56.1 Å². The molecule has 1 N–H and O–H groups in total. The highest BCUT2D eigenvalue weighted by Gasteiger charge is 2.17. The molecule has 0 radical (unpaired) electrons. The van der Waals surface area contributed by atoms with Gasteiger partial charge in [-0.1, -0.05) is 12.1 Å². The summed E-state index contributed by atoms with van der Waals surface area (Å²) in [5.74, 6) is 0.272. The minimum absolute atomic E-state index is 0.176. The van der Waals surface area contributed by atoms with Gasteiger partial charge in [0.2, 0.25) is 0 Å². The van der Waals surface area contributed by atoms with Crippen molar-refractivity contribution in [1.29, 1.82) is 0 Å². The molecular weight excluding hydrogens is 384 g/mol. The summed E-state index contributed by atoms with van der Waals surface area (Å²) >= 11 is 6.44. The minimum Gasteiger partial charge on any atom is -0.263 e. The van der Waals surface area contributed by atoms with Gasteiger partial charge >= 0.3 is 0 Å². The molecule has 2 rings (SSSR count). The van der Waals surface area contributed by atoms with Crippen LogP contribution in [0.25, 0.3) is 0 Å². The highest BCUT2D eigenvalue weighted by molar-refractivity contribution is 9.10. The molecule has 94 valence electrons. The van der Waals surface area contributed by atoms with Gasteiger partial charge in [-0.25, -0.2) is 13.4 Å². The molecule has 1 aromatic carbocycles. The Morgan fingerprint density at radius 3 is 2.39 bits per heavy atom. The molecule has 0 spiro atoms. The van der Waals surface area contributed by atoms with Crippen molar-refractivity contribution in [3.8, 4) is 0 Å². The molecule has 0 bridgehead atoms. The fourth-order valence-electron chi connectivity index (χ4n) is 1.29. The summed E-state index contributed by atoms with van der Waals surface area (Å²) in [6, 6.07) is 9.90. The van der Waals surface area contributed by atoms with Crippen LogP contribution in [-0.2, 0) is 10.0 Å². The quantitative estimate of drug-likeness (QED) is 0.872. The third kappa shape index (κ3) is 3.09. The molecule has 4 nitrogen and oxygen atoms in total.